The van der Waals surface area contributed by atoms with E-state index in [0.29, 0.717) is 6.04 Å². The van der Waals surface area contributed by atoms with Crippen LogP contribution in [0.3, 0.4) is 0 Å². The van der Waals surface area contributed by atoms with Crippen molar-refractivity contribution in [3.8, 4) is 0 Å². The quantitative estimate of drug-likeness (QED) is 0.836. The van der Waals surface area contributed by atoms with Crippen molar-refractivity contribution in [2.24, 2.45) is 0 Å². The molecular formula is C18H31N3. The fourth-order valence-corrected chi connectivity index (χ4v) is 3.33. The van der Waals surface area contributed by atoms with Gasteiger partial charge in [0.25, 0.3) is 0 Å². The van der Waals surface area contributed by atoms with Gasteiger partial charge in [0.05, 0.1) is 0 Å². The molecule has 21 heavy (non-hydrogen) atoms. The molecule has 0 aliphatic carbocycles. The Morgan fingerprint density at radius 2 is 1.95 bits per heavy atom. The van der Waals surface area contributed by atoms with E-state index in [1.807, 2.05) is 6.20 Å². The minimum Gasteiger partial charge on any atom is -0.312 e. The van der Waals surface area contributed by atoms with Gasteiger partial charge >= 0.3 is 0 Å². The lowest BCUT2D eigenvalue weighted by Crippen LogP contribution is -2.57. The molecule has 0 saturated carbocycles. The number of aryl methyl sites for hydroxylation is 1. The second kappa shape index (κ2) is 7.37. The molecule has 3 nitrogen and oxygen atoms in total. The monoisotopic (exact) mass is 289 g/mol. The number of likely N-dealkylation sites (N-methyl/N-ethyl adjacent to an activating group) is 1. The number of likely N-dealkylation sites (tertiary alicyclic amines) is 1. The summed E-state index contributed by atoms with van der Waals surface area (Å²) in [6.07, 6.45) is 6.77. The maximum Gasteiger partial charge on any atom is 0.0420 e. The SMILES string of the molecule is CCNC(Cc1ccc(CC)cn1)C(C)(C)N1CCCC1. The van der Waals surface area contributed by atoms with Crippen LogP contribution < -0.4 is 5.32 Å². The number of pyridine rings is 1. The first-order valence-corrected chi connectivity index (χ1v) is 8.50. The Morgan fingerprint density at radius 1 is 1.24 bits per heavy atom. The predicted molar refractivity (Wildman–Crippen MR) is 89.7 cm³/mol. The first-order chi connectivity index (χ1) is 10.1. The second-order valence-corrected chi connectivity index (χ2v) is 6.67. The van der Waals surface area contributed by atoms with Crippen LogP contribution in [0.4, 0.5) is 0 Å². The predicted octanol–water partition coefficient (Wildman–Crippen LogP) is 3.04. The topological polar surface area (TPSA) is 28.2 Å². The van der Waals surface area contributed by atoms with Crippen molar-refractivity contribution in [1.29, 1.82) is 0 Å². The zero-order valence-electron chi connectivity index (χ0n) is 14.2. The van der Waals surface area contributed by atoms with Gasteiger partial charge in [0.15, 0.2) is 0 Å². The van der Waals surface area contributed by atoms with Crippen LogP contribution in [0.5, 0.6) is 0 Å². The van der Waals surface area contributed by atoms with E-state index in [2.05, 4.69) is 55.0 Å². The molecule has 3 heteroatoms. The van der Waals surface area contributed by atoms with E-state index in [4.69, 9.17) is 0 Å². The number of hydrogen-bond donors (Lipinski definition) is 1. The van der Waals surface area contributed by atoms with E-state index in [0.717, 1.165) is 19.4 Å². The van der Waals surface area contributed by atoms with Gasteiger partial charge in [-0.05, 0) is 64.4 Å². The zero-order valence-corrected chi connectivity index (χ0v) is 14.2. The average Bonchev–Trinajstić information content (AvgIpc) is 3.02. The van der Waals surface area contributed by atoms with E-state index in [9.17, 15) is 0 Å². The molecule has 1 aliphatic rings. The molecule has 118 valence electrons. The van der Waals surface area contributed by atoms with Crippen LogP contribution in [0.1, 0.15) is 51.8 Å². The van der Waals surface area contributed by atoms with Crippen molar-refractivity contribution >= 4 is 0 Å². The Kier molecular flexibility index (Phi) is 5.77. The smallest absolute Gasteiger partial charge is 0.0420 e. The number of rotatable bonds is 7. The number of hydrogen-bond acceptors (Lipinski definition) is 3. The third kappa shape index (κ3) is 4.04. The Bertz CT molecular complexity index is 419. The van der Waals surface area contributed by atoms with Gasteiger partial charge in [-0.3, -0.25) is 9.88 Å². The first kappa shape index (κ1) is 16.4. The van der Waals surface area contributed by atoms with Gasteiger partial charge in [0.1, 0.15) is 0 Å². The fourth-order valence-electron chi connectivity index (χ4n) is 3.33. The van der Waals surface area contributed by atoms with E-state index >= 15 is 0 Å². The van der Waals surface area contributed by atoms with E-state index in [1.165, 1.54) is 37.2 Å². The van der Waals surface area contributed by atoms with Crippen molar-refractivity contribution in [3.05, 3.63) is 29.6 Å². The molecule has 0 amide bonds. The summed E-state index contributed by atoms with van der Waals surface area (Å²) in [5.41, 5.74) is 2.69. The minimum absolute atomic E-state index is 0.178. The Morgan fingerprint density at radius 3 is 2.48 bits per heavy atom. The van der Waals surface area contributed by atoms with Crippen molar-refractivity contribution in [2.45, 2.75) is 65.0 Å². The number of aromatic nitrogens is 1. The van der Waals surface area contributed by atoms with Gasteiger partial charge in [0.2, 0.25) is 0 Å². The summed E-state index contributed by atoms with van der Waals surface area (Å²) in [4.78, 5) is 7.29. The van der Waals surface area contributed by atoms with Gasteiger partial charge in [-0.2, -0.15) is 0 Å². The molecule has 1 aromatic heterocycles. The van der Waals surface area contributed by atoms with Crippen LogP contribution in [0.15, 0.2) is 18.3 Å². The van der Waals surface area contributed by atoms with Crippen LogP contribution in [0.2, 0.25) is 0 Å². The number of nitrogens with one attached hydrogen (secondary N) is 1. The molecule has 1 N–H and O–H groups in total. The van der Waals surface area contributed by atoms with Gasteiger partial charge in [0, 0.05) is 29.9 Å². The van der Waals surface area contributed by atoms with Crippen LogP contribution >= 0.6 is 0 Å². The maximum absolute atomic E-state index is 4.65. The molecule has 1 aliphatic heterocycles. The third-order valence-corrected chi connectivity index (χ3v) is 4.93. The van der Waals surface area contributed by atoms with Crippen LogP contribution in [-0.4, -0.2) is 41.1 Å². The molecule has 0 radical (unpaired) electrons. The molecule has 1 aromatic rings. The largest absolute Gasteiger partial charge is 0.312 e. The molecule has 1 saturated heterocycles. The summed E-state index contributed by atoms with van der Waals surface area (Å²) in [6, 6.07) is 4.86. The van der Waals surface area contributed by atoms with Crippen molar-refractivity contribution in [3.63, 3.8) is 0 Å². The lowest BCUT2D eigenvalue weighted by molar-refractivity contribution is 0.107. The molecule has 0 bridgehead atoms. The summed E-state index contributed by atoms with van der Waals surface area (Å²) in [5.74, 6) is 0. The fraction of sp³-hybridized carbons (Fsp3) is 0.722. The molecule has 0 spiro atoms. The molecule has 0 aromatic carbocycles. The summed E-state index contributed by atoms with van der Waals surface area (Å²) in [7, 11) is 0. The molecule has 2 heterocycles. The standard InChI is InChI=1S/C18H31N3/c1-5-15-9-10-16(20-14-15)13-17(19-6-2)18(3,4)21-11-7-8-12-21/h9-10,14,17,19H,5-8,11-13H2,1-4H3. The maximum atomic E-state index is 4.65. The summed E-state index contributed by atoms with van der Waals surface area (Å²) >= 11 is 0. The van der Waals surface area contributed by atoms with Gasteiger partial charge < -0.3 is 5.32 Å². The van der Waals surface area contributed by atoms with Crippen molar-refractivity contribution in [1.82, 2.24) is 15.2 Å². The van der Waals surface area contributed by atoms with Gasteiger partial charge in [-0.1, -0.05) is 19.9 Å². The molecule has 1 fully saturated rings. The Hall–Kier alpha value is -0.930. The second-order valence-electron chi connectivity index (χ2n) is 6.67. The lowest BCUT2D eigenvalue weighted by Gasteiger charge is -2.42. The van der Waals surface area contributed by atoms with E-state index in [-0.39, 0.29) is 5.54 Å². The van der Waals surface area contributed by atoms with Crippen LogP contribution in [0, 0.1) is 0 Å². The van der Waals surface area contributed by atoms with Crippen LogP contribution in [0.25, 0.3) is 0 Å². The van der Waals surface area contributed by atoms with E-state index < -0.39 is 0 Å². The van der Waals surface area contributed by atoms with Crippen LogP contribution in [-0.2, 0) is 12.8 Å². The highest BCUT2D eigenvalue weighted by Gasteiger charge is 2.36. The molecule has 1 atom stereocenters. The summed E-state index contributed by atoms with van der Waals surface area (Å²) in [5, 5.41) is 3.70. The molecular weight excluding hydrogens is 258 g/mol. The molecule has 1 unspecified atom stereocenters. The highest BCUT2D eigenvalue weighted by Crippen LogP contribution is 2.26. The highest BCUT2D eigenvalue weighted by molar-refractivity contribution is 5.16. The lowest BCUT2D eigenvalue weighted by atomic mass is 9.88. The van der Waals surface area contributed by atoms with Crippen molar-refractivity contribution < 1.29 is 0 Å². The highest BCUT2D eigenvalue weighted by atomic mass is 15.2. The third-order valence-electron chi connectivity index (χ3n) is 4.93. The first-order valence-electron chi connectivity index (χ1n) is 8.50. The Labute approximate surface area is 130 Å². The summed E-state index contributed by atoms with van der Waals surface area (Å²) < 4.78 is 0. The minimum atomic E-state index is 0.178. The number of nitrogens with zero attached hydrogens (tertiary/aromatic N) is 2. The van der Waals surface area contributed by atoms with Crippen molar-refractivity contribution in [2.75, 3.05) is 19.6 Å². The normalized spacial score (nSPS) is 18.1. The molecule has 2 rings (SSSR count). The zero-order chi connectivity index (χ0) is 15.3. The van der Waals surface area contributed by atoms with Gasteiger partial charge in [-0.25, -0.2) is 0 Å². The summed E-state index contributed by atoms with van der Waals surface area (Å²) in [6.45, 7) is 12.6. The Balaban J connectivity index is 2.09. The van der Waals surface area contributed by atoms with E-state index in [1.54, 1.807) is 0 Å². The van der Waals surface area contributed by atoms with Gasteiger partial charge in [-0.15, -0.1) is 0 Å². The average molecular weight is 289 g/mol.